The molecule has 2 aromatic carbocycles. The molecule has 1 aliphatic carbocycles. The summed E-state index contributed by atoms with van der Waals surface area (Å²) >= 11 is 0. The van der Waals surface area contributed by atoms with E-state index in [0.29, 0.717) is 43.0 Å². The highest BCUT2D eigenvalue weighted by molar-refractivity contribution is 5.95. The van der Waals surface area contributed by atoms with Crippen LogP contribution < -0.4 is 4.74 Å². The molecule has 6 nitrogen and oxygen atoms in total. The van der Waals surface area contributed by atoms with E-state index >= 15 is 0 Å². The van der Waals surface area contributed by atoms with E-state index in [1.54, 1.807) is 0 Å². The van der Waals surface area contributed by atoms with Gasteiger partial charge in [0.05, 0.1) is 24.5 Å². The van der Waals surface area contributed by atoms with Crippen LogP contribution in [0, 0.1) is 11.8 Å². The van der Waals surface area contributed by atoms with Gasteiger partial charge in [0.25, 0.3) is 0 Å². The van der Waals surface area contributed by atoms with Gasteiger partial charge in [-0.2, -0.15) is 0 Å². The Kier molecular flexibility index (Phi) is 6.20. The maximum Gasteiger partial charge on any atom is 0.232 e. The number of hydrogen-bond acceptors (Lipinski definition) is 6. The van der Waals surface area contributed by atoms with Crippen LogP contribution >= 0.6 is 0 Å². The van der Waals surface area contributed by atoms with Crippen LogP contribution in [0.3, 0.4) is 0 Å². The van der Waals surface area contributed by atoms with Crippen LogP contribution in [-0.4, -0.2) is 51.0 Å². The topological polar surface area (TPSA) is 75.6 Å². The smallest absolute Gasteiger partial charge is 0.232 e. The van der Waals surface area contributed by atoms with Gasteiger partial charge in [-0.25, -0.2) is 9.97 Å². The van der Waals surface area contributed by atoms with Crippen LogP contribution in [-0.2, 0) is 13.0 Å². The molecule has 1 saturated heterocycles. The van der Waals surface area contributed by atoms with E-state index in [4.69, 9.17) is 4.74 Å². The third kappa shape index (κ3) is 5.29. The van der Waals surface area contributed by atoms with Crippen molar-refractivity contribution < 1.29 is 14.6 Å². The average Bonchev–Trinajstić information content (AvgIpc) is 3.33. The molecule has 0 spiro atoms. The van der Waals surface area contributed by atoms with E-state index in [1.807, 2.05) is 48.5 Å². The van der Waals surface area contributed by atoms with Crippen LogP contribution in [0.15, 0.2) is 73.1 Å². The molecule has 5 rings (SSSR count). The van der Waals surface area contributed by atoms with Gasteiger partial charge < -0.3 is 9.84 Å². The first-order chi connectivity index (χ1) is 16.1. The summed E-state index contributed by atoms with van der Waals surface area (Å²) in [5.41, 5.74) is 1.96. The van der Waals surface area contributed by atoms with E-state index in [0.717, 1.165) is 31.5 Å². The summed E-state index contributed by atoms with van der Waals surface area (Å²) in [5, 5.41) is 11.1. The number of aromatic nitrogens is 2. The fourth-order valence-corrected chi connectivity index (χ4v) is 5.36. The van der Waals surface area contributed by atoms with E-state index in [-0.39, 0.29) is 5.78 Å². The minimum Gasteiger partial charge on any atom is -0.472 e. The lowest BCUT2D eigenvalue weighted by molar-refractivity contribution is 0.0355. The second kappa shape index (κ2) is 9.41. The van der Waals surface area contributed by atoms with Crippen molar-refractivity contribution in [3.63, 3.8) is 0 Å². The molecular weight excluding hydrogens is 414 g/mol. The SMILES string of the molecule is O=C(CN1C[C@@H]2CC(O)(Cc3ccccc3)C[C@@H]2C1)c1cnc(OCc2ccccc2)cn1. The van der Waals surface area contributed by atoms with Crippen molar-refractivity contribution in [1.82, 2.24) is 14.9 Å². The second-order valence-corrected chi connectivity index (χ2v) is 9.45. The summed E-state index contributed by atoms with van der Waals surface area (Å²) in [4.78, 5) is 23.5. The molecule has 1 aromatic heterocycles. The zero-order valence-corrected chi connectivity index (χ0v) is 18.6. The number of aliphatic hydroxyl groups is 1. The van der Waals surface area contributed by atoms with E-state index in [2.05, 4.69) is 27.0 Å². The molecule has 2 fully saturated rings. The number of rotatable bonds is 8. The molecule has 0 amide bonds. The first-order valence-electron chi connectivity index (χ1n) is 11.6. The molecule has 3 aromatic rings. The number of ether oxygens (including phenoxy) is 1. The van der Waals surface area contributed by atoms with Gasteiger partial charge in [0, 0.05) is 19.5 Å². The highest BCUT2D eigenvalue weighted by Gasteiger charge is 2.48. The maximum atomic E-state index is 12.7. The average molecular weight is 444 g/mol. The van der Waals surface area contributed by atoms with Crippen molar-refractivity contribution in [1.29, 1.82) is 0 Å². The lowest BCUT2D eigenvalue weighted by Crippen LogP contribution is -2.34. The largest absolute Gasteiger partial charge is 0.472 e. The maximum absolute atomic E-state index is 12.7. The summed E-state index contributed by atoms with van der Waals surface area (Å²) < 4.78 is 5.65. The highest BCUT2D eigenvalue weighted by Crippen LogP contribution is 2.45. The van der Waals surface area contributed by atoms with Gasteiger partial charge in [0.2, 0.25) is 5.88 Å². The number of ketones is 1. The molecule has 0 radical (unpaired) electrons. The summed E-state index contributed by atoms with van der Waals surface area (Å²) in [7, 11) is 0. The molecule has 0 bridgehead atoms. The van der Waals surface area contributed by atoms with Crippen LogP contribution in [0.25, 0.3) is 0 Å². The van der Waals surface area contributed by atoms with Crippen molar-refractivity contribution in [2.24, 2.45) is 11.8 Å². The van der Waals surface area contributed by atoms with Crippen molar-refractivity contribution in [3.05, 3.63) is 89.9 Å². The molecule has 1 aliphatic heterocycles. The van der Waals surface area contributed by atoms with Crippen LogP contribution in [0.2, 0.25) is 0 Å². The number of nitrogens with zero attached hydrogens (tertiary/aromatic N) is 3. The minimum absolute atomic E-state index is 0.0309. The van der Waals surface area contributed by atoms with Gasteiger partial charge >= 0.3 is 0 Å². The molecule has 170 valence electrons. The normalized spacial score (nSPS) is 24.5. The zero-order valence-electron chi connectivity index (χ0n) is 18.6. The standard InChI is InChI=1S/C27H29N3O3/c31-25(24-14-29-26(15-28-24)33-19-21-9-5-2-6-10-21)18-30-16-22-12-27(32,13-23(22)17-30)11-20-7-3-1-4-8-20/h1-10,14-15,22-23,32H,11-13,16-19H2/t22-,23+,27?. The van der Waals surface area contributed by atoms with Gasteiger partial charge in [-0.3, -0.25) is 9.69 Å². The van der Waals surface area contributed by atoms with Gasteiger partial charge in [-0.15, -0.1) is 0 Å². The Morgan fingerprint density at radius 2 is 1.58 bits per heavy atom. The van der Waals surface area contributed by atoms with E-state index < -0.39 is 5.60 Å². The zero-order chi connectivity index (χ0) is 22.7. The predicted molar refractivity (Wildman–Crippen MR) is 125 cm³/mol. The summed E-state index contributed by atoms with van der Waals surface area (Å²) in [6.07, 6.45) is 5.31. The van der Waals surface area contributed by atoms with Gasteiger partial charge in [0.15, 0.2) is 5.78 Å². The minimum atomic E-state index is -0.631. The van der Waals surface area contributed by atoms with Gasteiger partial charge in [0.1, 0.15) is 12.3 Å². The number of carbonyl (C=O) groups is 1. The number of carbonyl (C=O) groups excluding carboxylic acids is 1. The molecule has 2 heterocycles. The Morgan fingerprint density at radius 1 is 0.939 bits per heavy atom. The lowest BCUT2D eigenvalue weighted by Gasteiger charge is -2.26. The van der Waals surface area contributed by atoms with Crippen molar-refractivity contribution in [2.75, 3.05) is 19.6 Å². The Hall–Kier alpha value is -3.09. The third-order valence-electron chi connectivity index (χ3n) is 6.82. The molecule has 1 N–H and O–H groups in total. The van der Waals surface area contributed by atoms with Gasteiger partial charge in [-0.1, -0.05) is 60.7 Å². The summed E-state index contributed by atoms with van der Waals surface area (Å²) in [6, 6.07) is 20.1. The Bertz CT molecular complexity index is 1060. The molecule has 33 heavy (non-hydrogen) atoms. The second-order valence-electron chi connectivity index (χ2n) is 9.45. The summed E-state index contributed by atoms with van der Waals surface area (Å²) in [6.45, 7) is 2.44. The van der Waals surface area contributed by atoms with Crippen LogP contribution in [0.1, 0.15) is 34.5 Å². The lowest BCUT2D eigenvalue weighted by atomic mass is 9.91. The molecular formula is C27H29N3O3. The first kappa shape index (κ1) is 21.7. The Balaban J connectivity index is 1.11. The molecule has 1 saturated carbocycles. The number of Topliss-reactive ketones (excluding diaryl/α,β-unsaturated/α-hetero) is 1. The van der Waals surface area contributed by atoms with Gasteiger partial charge in [-0.05, 0) is 35.8 Å². The van der Waals surface area contributed by atoms with Crippen LogP contribution in [0.4, 0.5) is 0 Å². The van der Waals surface area contributed by atoms with Crippen molar-refractivity contribution >= 4 is 5.78 Å². The highest BCUT2D eigenvalue weighted by atomic mass is 16.5. The predicted octanol–water partition coefficient (Wildman–Crippen LogP) is 3.55. The quantitative estimate of drug-likeness (QED) is 0.537. The number of fused-ring (bicyclic) bond motifs is 1. The molecule has 2 aliphatic rings. The Morgan fingerprint density at radius 3 is 2.18 bits per heavy atom. The molecule has 1 unspecified atom stereocenters. The first-order valence-corrected chi connectivity index (χ1v) is 11.6. The van der Waals surface area contributed by atoms with E-state index in [1.165, 1.54) is 18.0 Å². The fourth-order valence-electron chi connectivity index (χ4n) is 5.36. The number of hydrogen-bond donors (Lipinski definition) is 1. The number of benzene rings is 2. The summed E-state index contributed by atoms with van der Waals surface area (Å²) in [5.74, 6) is 1.25. The van der Waals surface area contributed by atoms with Crippen molar-refractivity contribution in [2.45, 2.75) is 31.5 Å². The van der Waals surface area contributed by atoms with Crippen LogP contribution in [0.5, 0.6) is 5.88 Å². The molecule has 3 atom stereocenters. The fraction of sp³-hybridized carbons (Fsp3) is 0.370. The van der Waals surface area contributed by atoms with Crippen molar-refractivity contribution in [3.8, 4) is 5.88 Å². The third-order valence-corrected chi connectivity index (χ3v) is 6.82. The van der Waals surface area contributed by atoms with E-state index in [9.17, 15) is 9.90 Å². The molecule has 6 heteroatoms. The number of likely N-dealkylation sites (tertiary alicyclic amines) is 1. The monoisotopic (exact) mass is 443 g/mol. The Labute approximate surface area is 194 Å².